The quantitative estimate of drug-likeness (QED) is 0.441. The Balaban J connectivity index is 2.51. The van der Waals surface area contributed by atoms with Crippen molar-refractivity contribution in [2.45, 2.75) is 57.5 Å². The van der Waals surface area contributed by atoms with Gasteiger partial charge in [0.15, 0.2) is 5.60 Å². The molecule has 0 amide bonds. The number of fused-ring (bicyclic) bond motifs is 1. The van der Waals surface area contributed by atoms with E-state index in [1.807, 2.05) is 0 Å². The number of esters is 2. The van der Waals surface area contributed by atoms with Crippen molar-refractivity contribution in [2.75, 3.05) is 5.88 Å². The van der Waals surface area contributed by atoms with Crippen LogP contribution < -0.4 is 0 Å². The lowest BCUT2D eigenvalue weighted by molar-refractivity contribution is -0.159. The molecule has 2 rings (SSSR count). The predicted octanol–water partition coefficient (Wildman–Crippen LogP) is 1.48. The molecule has 0 radical (unpaired) electrons. The van der Waals surface area contributed by atoms with Crippen molar-refractivity contribution in [3.63, 3.8) is 0 Å². The molecular weight excluding hydrogens is 336 g/mol. The summed E-state index contributed by atoms with van der Waals surface area (Å²) in [4.78, 5) is 23.7. The summed E-state index contributed by atoms with van der Waals surface area (Å²) in [7, 11) is 0. The molecule has 2 N–H and O–H groups in total. The van der Waals surface area contributed by atoms with Crippen LogP contribution in [-0.4, -0.2) is 51.9 Å². The highest BCUT2D eigenvalue weighted by atomic mass is 35.5. The monoisotopic (exact) mass is 358 g/mol. The van der Waals surface area contributed by atoms with Crippen molar-refractivity contribution in [1.82, 2.24) is 0 Å². The summed E-state index contributed by atoms with van der Waals surface area (Å²) >= 11 is 5.86. The summed E-state index contributed by atoms with van der Waals surface area (Å²) in [6.45, 7) is 4.87. The van der Waals surface area contributed by atoms with Gasteiger partial charge in [-0.1, -0.05) is 17.2 Å². The fourth-order valence-corrected chi connectivity index (χ4v) is 3.70. The van der Waals surface area contributed by atoms with Gasteiger partial charge >= 0.3 is 11.9 Å². The van der Waals surface area contributed by atoms with Crippen LogP contribution in [0, 0.1) is 5.92 Å². The van der Waals surface area contributed by atoms with Gasteiger partial charge in [-0.25, -0.2) is 4.79 Å². The molecule has 0 aromatic heterocycles. The van der Waals surface area contributed by atoms with Gasteiger partial charge in [-0.05, 0) is 26.3 Å². The zero-order valence-electron chi connectivity index (χ0n) is 14.0. The van der Waals surface area contributed by atoms with Crippen LogP contribution in [0.15, 0.2) is 23.3 Å². The van der Waals surface area contributed by atoms with Crippen molar-refractivity contribution in [3.8, 4) is 0 Å². The molecular formula is C17H23ClO6. The lowest BCUT2D eigenvalue weighted by Gasteiger charge is -2.33. The second kappa shape index (κ2) is 7.25. The third kappa shape index (κ3) is 3.82. The Morgan fingerprint density at radius 2 is 2.00 bits per heavy atom. The summed E-state index contributed by atoms with van der Waals surface area (Å²) < 4.78 is 10.7. The van der Waals surface area contributed by atoms with E-state index in [1.54, 1.807) is 26.0 Å². The Morgan fingerprint density at radius 1 is 1.38 bits per heavy atom. The highest BCUT2D eigenvalue weighted by molar-refractivity contribution is 6.20. The third-order valence-electron chi connectivity index (χ3n) is 4.40. The second-order valence-corrected chi connectivity index (χ2v) is 6.87. The van der Waals surface area contributed by atoms with Crippen molar-refractivity contribution >= 4 is 23.5 Å². The number of carbonyl (C=O) groups excluding carboxylic acids is 2. The summed E-state index contributed by atoms with van der Waals surface area (Å²) in [6, 6.07) is 0. The summed E-state index contributed by atoms with van der Waals surface area (Å²) in [6.07, 6.45) is 1.76. The maximum Gasteiger partial charge on any atom is 0.340 e. The minimum absolute atomic E-state index is 0.264. The topological polar surface area (TPSA) is 93.1 Å². The number of alkyl halides is 1. The molecule has 0 bridgehead atoms. The Morgan fingerprint density at radius 3 is 2.58 bits per heavy atom. The fourth-order valence-electron chi connectivity index (χ4n) is 3.41. The van der Waals surface area contributed by atoms with E-state index in [1.165, 1.54) is 6.92 Å². The second-order valence-electron chi connectivity index (χ2n) is 6.60. The molecule has 5 atom stereocenters. The van der Waals surface area contributed by atoms with Crippen LogP contribution in [0.2, 0.25) is 0 Å². The number of rotatable bonds is 2. The van der Waals surface area contributed by atoms with Gasteiger partial charge in [0, 0.05) is 13.3 Å². The molecule has 6 nitrogen and oxygen atoms in total. The van der Waals surface area contributed by atoms with Crippen molar-refractivity contribution in [1.29, 1.82) is 0 Å². The first kappa shape index (κ1) is 19.0. The first-order chi connectivity index (χ1) is 11.2. The molecule has 24 heavy (non-hydrogen) atoms. The van der Waals surface area contributed by atoms with Gasteiger partial charge in [-0.2, -0.15) is 0 Å². The van der Waals surface area contributed by atoms with E-state index in [9.17, 15) is 19.8 Å². The molecule has 0 spiro atoms. The summed E-state index contributed by atoms with van der Waals surface area (Å²) in [5.74, 6) is -2.53. The van der Waals surface area contributed by atoms with Gasteiger partial charge in [-0.3, -0.25) is 4.79 Å². The first-order valence-corrected chi connectivity index (χ1v) is 8.40. The smallest absolute Gasteiger partial charge is 0.340 e. The summed E-state index contributed by atoms with van der Waals surface area (Å²) in [5, 5.41) is 20.8. The van der Waals surface area contributed by atoms with E-state index < -0.39 is 41.8 Å². The van der Waals surface area contributed by atoms with Gasteiger partial charge in [0.1, 0.15) is 12.2 Å². The molecule has 1 aliphatic heterocycles. The highest BCUT2D eigenvalue weighted by Crippen LogP contribution is 2.40. The normalized spacial score (nSPS) is 41.3. The average Bonchev–Trinajstić information content (AvgIpc) is 2.68. The Bertz CT molecular complexity index is 584. The standard InChI is InChI=1S/C17H23ClO6/c1-9-4-12(20)5-10(2)7-14-15(13(6-9)23-11(3)19)17(22,8-18)16(21)24-14/h4,7,12-15,20,22H,5-6,8H2,1-3H3/b9-4-,10-7-/t12-,13+,14+,15+,17+/m0/s1. The molecule has 1 fully saturated rings. The SMILES string of the molecule is CC(=O)O[C@@H]1C/C(C)=C\[C@H](O)C/C(C)=C\[C@H]2OC(=O)[C@@](O)(CCl)[C@@H]21. The molecule has 0 aromatic rings. The minimum Gasteiger partial charge on any atom is -0.462 e. The summed E-state index contributed by atoms with van der Waals surface area (Å²) in [5.41, 5.74) is -0.337. The molecule has 0 unspecified atom stereocenters. The number of hydrogen-bond donors (Lipinski definition) is 2. The van der Waals surface area contributed by atoms with Crippen LogP contribution in [-0.2, 0) is 19.1 Å². The van der Waals surface area contributed by atoms with Crippen LogP contribution >= 0.6 is 11.6 Å². The lowest BCUT2D eigenvalue weighted by atomic mass is 9.79. The van der Waals surface area contributed by atoms with Gasteiger partial charge in [-0.15, -0.1) is 11.6 Å². The van der Waals surface area contributed by atoms with Crippen molar-refractivity contribution < 1.29 is 29.3 Å². The van der Waals surface area contributed by atoms with Crippen LogP contribution in [0.5, 0.6) is 0 Å². The average molecular weight is 359 g/mol. The van der Waals surface area contributed by atoms with Gasteiger partial charge in [0.25, 0.3) is 0 Å². The van der Waals surface area contributed by atoms with E-state index >= 15 is 0 Å². The zero-order valence-corrected chi connectivity index (χ0v) is 14.7. The molecule has 2 aliphatic rings. The lowest BCUT2D eigenvalue weighted by Crippen LogP contribution is -2.50. The number of aliphatic hydroxyl groups excluding tert-OH is 1. The number of halogens is 1. The highest BCUT2D eigenvalue weighted by Gasteiger charge is 2.59. The number of hydrogen-bond acceptors (Lipinski definition) is 6. The van der Waals surface area contributed by atoms with E-state index in [2.05, 4.69) is 0 Å². The maximum atomic E-state index is 12.2. The largest absolute Gasteiger partial charge is 0.462 e. The van der Waals surface area contributed by atoms with Crippen molar-refractivity contribution in [3.05, 3.63) is 23.3 Å². The molecule has 0 aromatic carbocycles. The number of aliphatic hydroxyl groups is 2. The van der Waals surface area contributed by atoms with Crippen molar-refractivity contribution in [2.24, 2.45) is 5.92 Å². The molecule has 1 aliphatic carbocycles. The van der Waals surface area contributed by atoms with Crippen LogP contribution in [0.1, 0.15) is 33.6 Å². The molecule has 7 heteroatoms. The van der Waals surface area contributed by atoms with Gasteiger partial charge < -0.3 is 19.7 Å². The first-order valence-electron chi connectivity index (χ1n) is 7.86. The molecule has 1 saturated heterocycles. The fraction of sp³-hybridized carbons (Fsp3) is 0.647. The molecule has 0 saturated carbocycles. The number of ether oxygens (including phenoxy) is 2. The Kier molecular flexibility index (Phi) is 5.73. The van der Waals surface area contributed by atoms with Crippen LogP contribution in [0.3, 0.4) is 0 Å². The molecule has 134 valence electrons. The number of carbonyl (C=O) groups is 2. The van der Waals surface area contributed by atoms with Crippen LogP contribution in [0.4, 0.5) is 0 Å². The van der Waals surface area contributed by atoms with Crippen LogP contribution in [0.25, 0.3) is 0 Å². The predicted molar refractivity (Wildman–Crippen MR) is 87.3 cm³/mol. The third-order valence-corrected chi connectivity index (χ3v) is 4.81. The maximum absolute atomic E-state index is 12.2. The zero-order chi connectivity index (χ0) is 18.1. The van der Waals surface area contributed by atoms with E-state index in [4.69, 9.17) is 21.1 Å². The Labute approximate surface area is 146 Å². The van der Waals surface area contributed by atoms with E-state index in [0.717, 1.165) is 11.1 Å². The molecule has 1 heterocycles. The van der Waals surface area contributed by atoms with Gasteiger partial charge in [0.05, 0.1) is 17.9 Å². The minimum atomic E-state index is -1.93. The van der Waals surface area contributed by atoms with Gasteiger partial charge in [0.2, 0.25) is 0 Å². The van der Waals surface area contributed by atoms with E-state index in [0.29, 0.717) is 6.42 Å². The van der Waals surface area contributed by atoms with E-state index in [-0.39, 0.29) is 12.3 Å². The Hall–Kier alpha value is -1.37.